The Hall–Kier alpha value is -2.37. The summed E-state index contributed by atoms with van der Waals surface area (Å²) < 4.78 is 40.2. The highest BCUT2D eigenvalue weighted by molar-refractivity contribution is 5.75. The van der Waals surface area contributed by atoms with Crippen LogP contribution >= 0.6 is 0 Å². The van der Waals surface area contributed by atoms with Crippen LogP contribution in [0.25, 0.3) is 0 Å². The fourth-order valence-electron chi connectivity index (χ4n) is 4.94. The molecule has 2 aliphatic heterocycles. The molecule has 2 aromatic rings. The highest BCUT2D eigenvalue weighted by Crippen LogP contribution is 2.31. The van der Waals surface area contributed by atoms with Gasteiger partial charge in [0.1, 0.15) is 12.2 Å². The molecule has 0 spiro atoms. The molecule has 0 radical (unpaired) electrons. The highest BCUT2D eigenvalue weighted by Gasteiger charge is 2.42. The van der Waals surface area contributed by atoms with Crippen LogP contribution in [0.3, 0.4) is 0 Å². The Morgan fingerprint density at radius 3 is 1.52 bits per heavy atom. The topological polar surface area (TPSA) is 102 Å². The van der Waals surface area contributed by atoms with Crippen molar-refractivity contribution >= 4 is 5.97 Å². The van der Waals surface area contributed by atoms with Crippen LogP contribution in [0, 0.1) is 5.41 Å². The molecule has 4 rings (SSSR count). The minimum absolute atomic E-state index is 0.0965. The molecule has 2 saturated heterocycles. The lowest BCUT2D eigenvalue weighted by Crippen LogP contribution is -2.30. The first-order chi connectivity index (χ1) is 20.8. The van der Waals surface area contributed by atoms with Crippen LogP contribution in [0.5, 0.6) is 0 Å². The lowest BCUT2D eigenvalue weighted by Gasteiger charge is -2.19. The van der Waals surface area contributed by atoms with Crippen LogP contribution in [-0.4, -0.2) is 73.5 Å². The number of benzene rings is 2. The van der Waals surface area contributed by atoms with Gasteiger partial charge in [-0.05, 0) is 66.0 Å². The van der Waals surface area contributed by atoms with Crippen LogP contribution in [0.2, 0.25) is 0 Å². The van der Waals surface area contributed by atoms with E-state index in [4.69, 9.17) is 38.3 Å². The number of esters is 1. The van der Waals surface area contributed by atoms with Crippen molar-refractivity contribution in [2.45, 2.75) is 111 Å². The second kappa shape index (κ2) is 16.8. The molecule has 9 heteroatoms. The van der Waals surface area contributed by atoms with Crippen LogP contribution in [0.15, 0.2) is 60.7 Å². The molecule has 2 heterocycles. The first kappa shape index (κ1) is 36.1. The lowest BCUT2D eigenvalue weighted by molar-refractivity contribution is -0.157. The third-order valence-electron chi connectivity index (χ3n) is 7.02. The molecule has 0 unspecified atom stereocenters. The smallest absolute Gasteiger partial charge is 0.311 e. The average molecular weight is 617 g/mol. The van der Waals surface area contributed by atoms with Crippen LogP contribution < -0.4 is 0 Å². The summed E-state index contributed by atoms with van der Waals surface area (Å²) >= 11 is 0. The molecule has 2 aromatic carbocycles. The molecule has 9 nitrogen and oxygen atoms in total. The van der Waals surface area contributed by atoms with Crippen molar-refractivity contribution < 1.29 is 43.1 Å². The average Bonchev–Trinajstić information content (AvgIpc) is 3.42. The Labute approximate surface area is 263 Å². The molecule has 44 heavy (non-hydrogen) atoms. The molecule has 0 saturated carbocycles. The highest BCUT2D eigenvalue weighted by atomic mass is 16.8. The van der Waals surface area contributed by atoms with E-state index < -0.39 is 17.0 Å². The SMILES string of the molecule is CC1(C)O[C@@H](CCO)[C@@H](COCc2ccccc2)O1.CC1(C)O[C@@H](CCOC(=O)C(C)(C)C)[C@@H](COCc2ccccc2)O1. The van der Waals surface area contributed by atoms with Gasteiger partial charge in [-0.15, -0.1) is 0 Å². The molecule has 2 aliphatic rings. The number of carbonyl (C=O) groups excluding carboxylic acids is 1. The Balaban J connectivity index is 0.000000249. The standard InChI is InChI=1S/C20H30O5.C15H22O4/c1-19(2,3)18(21)23-12-11-16-17(25-20(4,5)24-16)14-22-13-15-9-7-6-8-10-15;1-15(2)18-13(8-9-16)14(19-15)11-17-10-12-6-4-3-5-7-12/h6-10,16-17H,11-14H2,1-5H3;3-7,13-14,16H,8-11H2,1-2H3/t16-,17+;13-,14+/m00/s1. The summed E-state index contributed by atoms with van der Waals surface area (Å²) in [6.07, 6.45) is 0.611. The maximum absolute atomic E-state index is 11.9. The normalized spacial score (nSPS) is 24.0. The Bertz CT molecular complexity index is 1100. The molecule has 0 amide bonds. The van der Waals surface area contributed by atoms with Crippen LogP contribution in [0.4, 0.5) is 0 Å². The van der Waals surface area contributed by atoms with Crippen molar-refractivity contribution in [1.29, 1.82) is 0 Å². The molecule has 2 fully saturated rings. The van der Waals surface area contributed by atoms with Gasteiger partial charge in [0.05, 0.1) is 50.7 Å². The van der Waals surface area contributed by atoms with Gasteiger partial charge >= 0.3 is 5.97 Å². The minimum atomic E-state index is -0.653. The van der Waals surface area contributed by atoms with Gasteiger partial charge in [0, 0.05) is 13.0 Å². The van der Waals surface area contributed by atoms with Gasteiger partial charge in [-0.3, -0.25) is 4.79 Å². The van der Waals surface area contributed by atoms with Crippen LogP contribution in [0.1, 0.15) is 72.4 Å². The van der Waals surface area contributed by atoms with Crippen LogP contribution in [-0.2, 0) is 51.2 Å². The summed E-state index contributed by atoms with van der Waals surface area (Å²) in [4.78, 5) is 11.9. The third-order valence-corrected chi connectivity index (χ3v) is 7.02. The van der Waals surface area contributed by atoms with E-state index >= 15 is 0 Å². The summed E-state index contributed by atoms with van der Waals surface area (Å²) in [6, 6.07) is 20.0. The van der Waals surface area contributed by atoms with Crippen molar-refractivity contribution in [3.8, 4) is 0 Å². The van der Waals surface area contributed by atoms with E-state index in [-0.39, 0.29) is 37.0 Å². The predicted octanol–water partition coefficient (Wildman–Crippen LogP) is 5.81. The number of hydrogen-bond acceptors (Lipinski definition) is 9. The van der Waals surface area contributed by atoms with Crippen molar-refractivity contribution in [3.63, 3.8) is 0 Å². The van der Waals surface area contributed by atoms with E-state index in [0.717, 1.165) is 11.1 Å². The fraction of sp³-hybridized carbons (Fsp3) is 0.629. The Morgan fingerprint density at radius 1 is 0.705 bits per heavy atom. The van der Waals surface area contributed by atoms with E-state index in [0.29, 0.717) is 45.9 Å². The third kappa shape index (κ3) is 12.6. The molecule has 246 valence electrons. The zero-order chi connectivity index (χ0) is 32.2. The van der Waals surface area contributed by atoms with E-state index in [1.807, 2.05) is 109 Å². The van der Waals surface area contributed by atoms with Crippen molar-refractivity contribution in [2.24, 2.45) is 5.41 Å². The fourth-order valence-corrected chi connectivity index (χ4v) is 4.94. The Morgan fingerprint density at radius 2 is 1.11 bits per heavy atom. The van der Waals surface area contributed by atoms with E-state index in [9.17, 15) is 4.79 Å². The number of rotatable bonds is 13. The first-order valence-corrected chi connectivity index (χ1v) is 15.5. The van der Waals surface area contributed by atoms with Gasteiger partial charge < -0.3 is 38.3 Å². The second-order valence-electron chi connectivity index (χ2n) is 13.1. The summed E-state index contributed by atoms with van der Waals surface area (Å²) in [7, 11) is 0. The van der Waals surface area contributed by atoms with E-state index in [1.54, 1.807) is 0 Å². The Kier molecular flexibility index (Phi) is 13.8. The van der Waals surface area contributed by atoms with Gasteiger partial charge in [-0.25, -0.2) is 0 Å². The lowest BCUT2D eigenvalue weighted by atomic mass is 9.97. The summed E-state index contributed by atoms with van der Waals surface area (Å²) in [6.45, 7) is 15.5. The number of carbonyl (C=O) groups is 1. The molecule has 1 N–H and O–H groups in total. The largest absolute Gasteiger partial charge is 0.465 e. The number of aliphatic hydroxyl groups excluding tert-OH is 1. The predicted molar refractivity (Wildman–Crippen MR) is 167 cm³/mol. The van der Waals surface area contributed by atoms with Gasteiger partial charge in [-0.2, -0.15) is 0 Å². The number of hydrogen-bond donors (Lipinski definition) is 1. The molecule has 0 aromatic heterocycles. The zero-order valence-corrected chi connectivity index (χ0v) is 27.5. The summed E-state index contributed by atoms with van der Waals surface area (Å²) in [5.74, 6) is -1.46. The van der Waals surface area contributed by atoms with E-state index in [1.165, 1.54) is 0 Å². The maximum Gasteiger partial charge on any atom is 0.311 e. The molecular weight excluding hydrogens is 564 g/mol. The summed E-state index contributed by atoms with van der Waals surface area (Å²) in [5, 5.41) is 9.04. The first-order valence-electron chi connectivity index (χ1n) is 15.5. The summed E-state index contributed by atoms with van der Waals surface area (Å²) in [5.41, 5.74) is 1.76. The van der Waals surface area contributed by atoms with Gasteiger partial charge in [0.25, 0.3) is 0 Å². The van der Waals surface area contributed by atoms with Crippen molar-refractivity contribution in [1.82, 2.24) is 0 Å². The zero-order valence-electron chi connectivity index (χ0n) is 27.5. The minimum Gasteiger partial charge on any atom is -0.465 e. The van der Waals surface area contributed by atoms with Gasteiger partial charge in [-0.1, -0.05) is 60.7 Å². The second-order valence-corrected chi connectivity index (χ2v) is 13.1. The molecule has 0 bridgehead atoms. The number of aliphatic hydroxyl groups is 1. The van der Waals surface area contributed by atoms with Crippen molar-refractivity contribution in [3.05, 3.63) is 71.8 Å². The van der Waals surface area contributed by atoms with Gasteiger partial charge in [0.2, 0.25) is 0 Å². The van der Waals surface area contributed by atoms with E-state index in [2.05, 4.69) is 0 Å². The molecular formula is C35H52O9. The molecule has 4 atom stereocenters. The van der Waals surface area contributed by atoms with Gasteiger partial charge in [0.15, 0.2) is 11.6 Å². The number of ether oxygens (including phenoxy) is 7. The quantitative estimate of drug-likeness (QED) is 0.280. The maximum atomic E-state index is 11.9. The monoisotopic (exact) mass is 616 g/mol. The van der Waals surface area contributed by atoms with Crippen molar-refractivity contribution in [2.75, 3.05) is 26.4 Å². The molecule has 0 aliphatic carbocycles.